The topological polar surface area (TPSA) is 59.5 Å². The first-order valence-corrected chi connectivity index (χ1v) is 6.49. The highest BCUT2D eigenvalue weighted by Gasteiger charge is 2.23. The van der Waals surface area contributed by atoms with Gasteiger partial charge in [-0.2, -0.15) is 0 Å². The second-order valence-electron chi connectivity index (χ2n) is 4.68. The van der Waals surface area contributed by atoms with E-state index in [1.807, 2.05) is 6.92 Å². The Bertz CT molecular complexity index is 447. The van der Waals surface area contributed by atoms with Gasteiger partial charge in [0.25, 0.3) is 0 Å². The van der Waals surface area contributed by atoms with Crippen LogP contribution in [-0.2, 0) is 9.53 Å². The highest BCUT2D eigenvalue weighted by molar-refractivity contribution is 5.97. The standard InChI is InChI=1S/C14H18N2O3/c1-11-10-19-8-7-16(11)14(18)5-4-13(17)12-3-2-6-15-9-12/h2-3,6,9,11H,4-5,7-8,10H2,1H3. The Hall–Kier alpha value is -1.75. The number of amides is 1. The molecular weight excluding hydrogens is 244 g/mol. The van der Waals surface area contributed by atoms with Crippen molar-refractivity contribution in [1.82, 2.24) is 9.88 Å². The molecule has 1 aromatic heterocycles. The van der Waals surface area contributed by atoms with E-state index < -0.39 is 0 Å². The van der Waals surface area contributed by atoms with Crippen molar-refractivity contribution in [3.63, 3.8) is 0 Å². The van der Waals surface area contributed by atoms with Crippen LogP contribution in [0, 0.1) is 0 Å². The lowest BCUT2D eigenvalue weighted by atomic mass is 10.1. The zero-order valence-electron chi connectivity index (χ0n) is 11.0. The van der Waals surface area contributed by atoms with Crippen LogP contribution in [0.4, 0.5) is 0 Å². The van der Waals surface area contributed by atoms with Crippen LogP contribution in [0.25, 0.3) is 0 Å². The summed E-state index contributed by atoms with van der Waals surface area (Å²) in [4.78, 5) is 29.6. The van der Waals surface area contributed by atoms with Gasteiger partial charge >= 0.3 is 0 Å². The molecule has 1 aliphatic rings. The van der Waals surface area contributed by atoms with E-state index in [1.165, 1.54) is 6.20 Å². The lowest BCUT2D eigenvalue weighted by Crippen LogP contribution is -2.47. The molecule has 2 heterocycles. The first-order chi connectivity index (χ1) is 9.18. The zero-order valence-corrected chi connectivity index (χ0v) is 11.0. The average molecular weight is 262 g/mol. The van der Waals surface area contributed by atoms with Crippen molar-refractivity contribution in [2.45, 2.75) is 25.8 Å². The molecule has 0 radical (unpaired) electrons. The van der Waals surface area contributed by atoms with Crippen molar-refractivity contribution in [3.05, 3.63) is 30.1 Å². The fraction of sp³-hybridized carbons (Fsp3) is 0.500. The summed E-state index contributed by atoms with van der Waals surface area (Å²) < 4.78 is 5.29. The minimum absolute atomic E-state index is 0.0213. The number of carbonyl (C=O) groups is 2. The van der Waals surface area contributed by atoms with Crippen LogP contribution in [0.15, 0.2) is 24.5 Å². The molecule has 5 heteroatoms. The maximum absolute atomic E-state index is 12.0. The third-order valence-corrected chi connectivity index (χ3v) is 3.24. The summed E-state index contributed by atoms with van der Waals surface area (Å²) in [6.07, 6.45) is 3.63. The van der Waals surface area contributed by atoms with E-state index in [9.17, 15) is 9.59 Å². The molecule has 0 N–H and O–H groups in total. The number of nitrogens with zero attached hydrogens (tertiary/aromatic N) is 2. The van der Waals surface area contributed by atoms with Gasteiger partial charge in [0, 0.05) is 37.3 Å². The molecule has 1 aliphatic heterocycles. The second-order valence-corrected chi connectivity index (χ2v) is 4.68. The Morgan fingerprint density at radius 2 is 2.32 bits per heavy atom. The molecular formula is C14H18N2O3. The molecule has 1 unspecified atom stereocenters. The molecule has 0 saturated carbocycles. The van der Waals surface area contributed by atoms with Crippen molar-refractivity contribution in [2.75, 3.05) is 19.8 Å². The SMILES string of the molecule is CC1COCCN1C(=O)CCC(=O)c1cccnc1. The third-order valence-electron chi connectivity index (χ3n) is 3.24. The van der Waals surface area contributed by atoms with E-state index in [0.717, 1.165) is 0 Å². The third kappa shape index (κ3) is 3.61. The average Bonchev–Trinajstić information content (AvgIpc) is 2.46. The number of ether oxygens (including phenoxy) is 1. The highest BCUT2D eigenvalue weighted by atomic mass is 16.5. The summed E-state index contributed by atoms with van der Waals surface area (Å²) in [6, 6.07) is 3.53. The first-order valence-electron chi connectivity index (χ1n) is 6.49. The van der Waals surface area contributed by atoms with Crippen molar-refractivity contribution < 1.29 is 14.3 Å². The number of rotatable bonds is 4. The van der Waals surface area contributed by atoms with Crippen LogP contribution < -0.4 is 0 Å². The molecule has 0 aromatic carbocycles. The van der Waals surface area contributed by atoms with E-state index in [0.29, 0.717) is 25.3 Å². The smallest absolute Gasteiger partial charge is 0.223 e. The molecule has 1 fully saturated rings. The van der Waals surface area contributed by atoms with Gasteiger partial charge in [0.15, 0.2) is 5.78 Å². The van der Waals surface area contributed by atoms with Crippen LogP contribution in [0.1, 0.15) is 30.1 Å². The molecule has 0 spiro atoms. The predicted octanol–water partition coefficient (Wildman–Crippen LogP) is 1.29. The van der Waals surface area contributed by atoms with Crippen molar-refractivity contribution >= 4 is 11.7 Å². The second kappa shape index (κ2) is 6.43. The van der Waals surface area contributed by atoms with Crippen LogP contribution in [0.3, 0.4) is 0 Å². The lowest BCUT2D eigenvalue weighted by Gasteiger charge is -2.33. The molecule has 0 bridgehead atoms. The van der Waals surface area contributed by atoms with Gasteiger partial charge in [0.05, 0.1) is 19.3 Å². The Morgan fingerprint density at radius 3 is 3.00 bits per heavy atom. The molecule has 5 nitrogen and oxygen atoms in total. The largest absolute Gasteiger partial charge is 0.377 e. The fourth-order valence-electron chi connectivity index (χ4n) is 2.13. The molecule has 1 amide bonds. The molecule has 102 valence electrons. The quantitative estimate of drug-likeness (QED) is 0.767. The van der Waals surface area contributed by atoms with Crippen molar-refractivity contribution in [2.24, 2.45) is 0 Å². The monoisotopic (exact) mass is 262 g/mol. The van der Waals surface area contributed by atoms with Crippen LogP contribution in [0.5, 0.6) is 0 Å². The highest BCUT2D eigenvalue weighted by Crippen LogP contribution is 2.11. The number of morpholine rings is 1. The van der Waals surface area contributed by atoms with Gasteiger partial charge in [-0.05, 0) is 19.1 Å². The van der Waals surface area contributed by atoms with Gasteiger partial charge in [-0.3, -0.25) is 14.6 Å². The summed E-state index contributed by atoms with van der Waals surface area (Å²) >= 11 is 0. The van der Waals surface area contributed by atoms with Gasteiger partial charge in [-0.1, -0.05) is 0 Å². The predicted molar refractivity (Wildman–Crippen MR) is 69.8 cm³/mol. The maximum Gasteiger partial charge on any atom is 0.223 e. The molecule has 1 saturated heterocycles. The van der Waals surface area contributed by atoms with E-state index >= 15 is 0 Å². The Labute approximate surface area is 112 Å². The molecule has 0 aliphatic carbocycles. The molecule has 19 heavy (non-hydrogen) atoms. The Morgan fingerprint density at radius 1 is 1.47 bits per heavy atom. The number of carbonyl (C=O) groups excluding carboxylic acids is 2. The van der Waals surface area contributed by atoms with Crippen LogP contribution in [-0.4, -0.2) is 47.4 Å². The van der Waals surface area contributed by atoms with E-state index in [2.05, 4.69) is 4.98 Å². The molecule has 1 atom stereocenters. The number of Topliss-reactive ketones (excluding diaryl/α,β-unsaturated/α-hetero) is 1. The minimum Gasteiger partial charge on any atom is -0.377 e. The van der Waals surface area contributed by atoms with Gasteiger partial charge in [-0.25, -0.2) is 0 Å². The maximum atomic E-state index is 12.0. The van der Waals surface area contributed by atoms with Crippen LogP contribution in [0.2, 0.25) is 0 Å². The van der Waals surface area contributed by atoms with Gasteiger partial charge in [0.1, 0.15) is 0 Å². The number of hydrogen-bond donors (Lipinski definition) is 0. The van der Waals surface area contributed by atoms with Crippen LogP contribution >= 0.6 is 0 Å². The summed E-state index contributed by atoms with van der Waals surface area (Å²) in [6.45, 7) is 3.72. The van der Waals surface area contributed by atoms with E-state index in [-0.39, 0.29) is 30.6 Å². The number of ketones is 1. The van der Waals surface area contributed by atoms with Gasteiger partial charge in [-0.15, -0.1) is 0 Å². The van der Waals surface area contributed by atoms with Crippen molar-refractivity contribution in [3.8, 4) is 0 Å². The van der Waals surface area contributed by atoms with Crippen molar-refractivity contribution in [1.29, 1.82) is 0 Å². The normalized spacial score (nSPS) is 19.2. The summed E-state index contributed by atoms with van der Waals surface area (Å²) in [7, 11) is 0. The first kappa shape index (κ1) is 13.7. The van der Waals surface area contributed by atoms with E-state index in [1.54, 1.807) is 23.2 Å². The Kier molecular flexibility index (Phi) is 4.63. The molecule has 1 aromatic rings. The number of hydrogen-bond acceptors (Lipinski definition) is 4. The summed E-state index contributed by atoms with van der Waals surface area (Å²) in [5.74, 6) is -0.0181. The molecule has 2 rings (SSSR count). The summed E-state index contributed by atoms with van der Waals surface area (Å²) in [5.41, 5.74) is 0.560. The summed E-state index contributed by atoms with van der Waals surface area (Å²) in [5, 5.41) is 0. The van der Waals surface area contributed by atoms with E-state index in [4.69, 9.17) is 4.74 Å². The van der Waals surface area contributed by atoms with Gasteiger partial charge < -0.3 is 9.64 Å². The number of pyridine rings is 1. The number of aromatic nitrogens is 1. The zero-order chi connectivity index (χ0) is 13.7. The fourth-order valence-corrected chi connectivity index (χ4v) is 2.13. The minimum atomic E-state index is -0.0395. The Balaban J connectivity index is 1.85. The lowest BCUT2D eigenvalue weighted by molar-refractivity contribution is -0.139. The van der Waals surface area contributed by atoms with Gasteiger partial charge in [0.2, 0.25) is 5.91 Å².